The van der Waals surface area contributed by atoms with E-state index in [2.05, 4.69) is 9.97 Å². The third-order valence-corrected chi connectivity index (χ3v) is 5.33. The topological polar surface area (TPSA) is 88.8 Å². The summed E-state index contributed by atoms with van der Waals surface area (Å²) in [5, 5.41) is 0. The number of fused-ring (bicyclic) bond motifs is 1. The fourth-order valence-corrected chi connectivity index (χ4v) is 2.09. The highest BCUT2D eigenvalue weighted by molar-refractivity contribution is 7.91. The van der Waals surface area contributed by atoms with E-state index in [-0.39, 0.29) is 0 Å². The highest BCUT2D eigenvalue weighted by Gasteiger charge is 2.35. The maximum Gasteiger partial charge on any atom is 0.159 e. The van der Waals surface area contributed by atoms with Gasteiger partial charge in [0.05, 0.1) is 11.0 Å². The molecule has 0 aliphatic heterocycles. The molecule has 0 unspecified atom stereocenters. The second-order valence-electron chi connectivity index (χ2n) is 4.92. The van der Waals surface area contributed by atoms with Crippen LogP contribution >= 0.6 is 0 Å². The number of sulfone groups is 1. The van der Waals surface area contributed by atoms with Gasteiger partial charge < -0.3 is 10.7 Å². The van der Waals surface area contributed by atoms with Crippen LogP contribution in [0.3, 0.4) is 0 Å². The molecule has 0 saturated heterocycles. The van der Waals surface area contributed by atoms with Gasteiger partial charge in [-0.2, -0.15) is 0 Å². The number of imidazole rings is 1. The number of nitrogens with zero attached hydrogens (tertiary/aromatic N) is 1. The van der Waals surface area contributed by atoms with Crippen molar-refractivity contribution in [1.29, 1.82) is 0 Å². The average Bonchev–Trinajstić information content (AvgIpc) is 2.70. The van der Waals surface area contributed by atoms with Crippen LogP contribution in [0, 0.1) is 0 Å². The first-order valence-electron chi connectivity index (χ1n) is 5.64. The minimum Gasteiger partial charge on any atom is -0.341 e. The van der Waals surface area contributed by atoms with E-state index in [0.717, 1.165) is 16.6 Å². The molecule has 1 aromatic heterocycles. The van der Waals surface area contributed by atoms with E-state index in [1.165, 1.54) is 6.26 Å². The first-order valence-corrected chi connectivity index (χ1v) is 7.53. The molecule has 0 radical (unpaired) electrons. The molecule has 2 rings (SSSR count). The largest absolute Gasteiger partial charge is 0.341 e. The van der Waals surface area contributed by atoms with Gasteiger partial charge in [0, 0.05) is 12.8 Å². The Hall–Kier alpha value is -1.40. The molecular weight excluding hydrogens is 250 g/mol. The van der Waals surface area contributed by atoms with Gasteiger partial charge >= 0.3 is 0 Å². The second kappa shape index (κ2) is 4.07. The van der Waals surface area contributed by atoms with Crippen molar-refractivity contribution in [3.8, 4) is 0 Å². The predicted octanol–water partition coefficient (Wildman–Crippen LogP) is 1.30. The van der Waals surface area contributed by atoms with Crippen LogP contribution in [0.2, 0.25) is 0 Å². The van der Waals surface area contributed by atoms with Gasteiger partial charge in [0.25, 0.3) is 0 Å². The molecule has 3 N–H and O–H groups in total. The molecule has 0 atom stereocenters. The standard InChI is InChI=1S/C12H17N3O2S/c1-12(2,18(3,16)17)11-14-9-5-4-8(7-13)6-10(9)15-11/h4-6H,7,13H2,1-3H3,(H,14,15). The molecule has 2 aromatic rings. The number of benzene rings is 1. The fraction of sp³-hybridized carbons (Fsp3) is 0.417. The van der Waals surface area contributed by atoms with Crippen LogP contribution in [0.4, 0.5) is 0 Å². The lowest BCUT2D eigenvalue weighted by Crippen LogP contribution is -2.29. The third-order valence-electron chi connectivity index (χ3n) is 3.28. The Kier molecular flexibility index (Phi) is 2.95. The Morgan fingerprint density at radius 3 is 2.61 bits per heavy atom. The van der Waals surface area contributed by atoms with E-state index < -0.39 is 14.6 Å². The number of aromatic nitrogens is 2. The Bertz CT molecular complexity index is 686. The van der Waals surface area contributed by atoms with Crippen LogP contribution in [-0.4, -0.2) is 24.6 Å². The van der Waals surface area contributed by atoms with Crippen molar-refractivity contribution >= 4 is 20.9 Å². The Morgan fingerprint density at radius 1 is 1.39 bits per heavy atom. The van der Waals surface area contributed by atoms with Crippen LogP contribution in [0.25, 0.3) is 11.0 Å². The van der Waals surface area contributed by atoms with E-state index in [0.29, 0.717) is 12.4 Å². The van der Waals surface area contributed by atoms with E-state index in [1.54, 1.807) is 13.8 Å². The van der Waals surface area contributed by atoms with Gasteiger partial charge in [-0.25, -0.2) is 13.4 Å². The van der Waals surface area contributed by atoms with E-state index in [9.17, 15) is 8.42 Å². The number of H-pyrrole nitrogens is 1. The van der Waals surface area contributed by atoms with Crippen LogP contribution in [0.5, 0.6) is 0 Å². The van der Waals surface area contributed by atoms with Gasteiger partial charge in [-0.3, -0.25) is 0 Å². The van der Waals surface area contributed by atoms with E-state index >= 15 is 0 Å². The lowest BCUT2D eigenvalue weighted by molar-refractivity contribution is 0.553. The number of rotatable bonds is 3. The van der Waals surface area contributed by atoms with E-state index in [4.69, 9.17) is 5.73 Å². The number of hydrogen-bond acceptors (Lipinski definition) is 4. The molecule has 18 heavy (non-hydrogen) atoms. The number of hydrogen-bond donors (Lipinski definition) is 2. The zero-order chi connectivity index (χ0) is 13.6. The van der Waals surface area contributed by atoms with Crippen molar-refractivity contribution < 1.29 is 8.42 Å². The van der Waals surface area contributed by atoms with Gasteiger partial charge in [-0.15, -0.1) is 0 Å². The van der Waals surface area contributed by atoms with Crippen molar-refractivity contribution in [3.63, 3.8) is 0 Å². The average molecular weight is 267 g/mol. The third kappa shape index (κ3) is 2.02. The smallest absolute Gasteiger partial charge is 0.159 e. The predicted molar refractivity (Wildman–Crippen MR) is 71.9 cm³/mol. The maximum absolute atomic E-state index is 11.8. The molecule has 0 saturated carbocycles. The molecule has 0 bridgehead atoms. The van der Waals surface area contributed by atoms with Crippen molar-refractivity contribution in [2.75, 3.05) is 6.26 Å². The minimum absolute atomic E-state index is 0.444. The normalized spacial score (nSPS) is 13.1. The van der Waals surface area contributed by atoms with Crippen molar-refractivity contribution in [2.45, 2.75) is 25.1 Å². The summed E-state index contributed by atoms with van der Waals surface area (Å²) in [4.78, 5) is 7.42. The van der Waals surface area contributed by atoms with Crippen molar-refractivity contribution in [2.24, 2.45) is 5.73 Å². The number of nitrogens with one attached hydrogen (secondary N) is 1. The molecule has 1 aromatic carbocycles. The summed E-state index contributed by atoms with van der Waals surface area (Å²) >= 11 is 0. The summed E-state index contributed by atoms with van der Waals surface area (Å²) in [5.74, 6) is 0.453. The molecule has 0 spiro atoms. The number of aromatic amines is 1. The van der Waals surface area contributed by atoms with Crippen molar-refractivity contribution in [3.05, 3.63) is 29.6 Å². The van der Waals surface area contributed by atoms with Crippen LogP contribution in [0.15, 0.2) is 18.2 Å². The molecular formula is C12H17N3O2S. The number of nitrogens with two attached hydrogens (primary N) is 1. The summed E-state index contributed by atoms with van der Waals surface area (Å²) in [5.41, 5.74) is 8.11. The first-order chi connectivity index (χ1) is 8.25. The molecule has 0 fully saturated rings. The molecule has 5 nitrogen and oxygen atoms in total. The summed E-state index contributed by atoms with van der Waals surface area (Å²) < 4.78 is 22.5. The lowest BCUT2D eigenvalue weighted by atomic mass is 10.2. The Labute approximate surface area is 106 Å². The molecule has 98 valence electrons. The summed E-state index contributed by atoms with van der Waals surface area (Å²) in [7, 11) is -3.24. The summed E-state index contributed by atoms with van der Waals surface area (Å²) in [6.45, 7) is 3.73. The molecule has 1 heterocycles. The van der Waals surface area contributed by atoms with Gasteiger partial charge in [-0.05, 0) is 31.5 Å². The summed E-state index contributed by atoms with van der Waals surface area (Å²) in [6, 6.07) is 5.63. The molecule has 0 amide bonds. The van der Waals surface area contributed by atoms with Gasteiger partial charge in [0.1, 0.15) is 10.6 Å². The Morgan fingerprint density at radius 2 is 2.06 bits per heavy atom. The van der Waals surface area contributed by atoms with Crippen LogP contribution in [0.1, 0.15) is 25.2 Å². The van der Waals surface area contributed by atoms with Crippen molar-refractivity contribution in [1.82, 2.24) is 9.97 Å². The molecule has 0 aliphatic rings. The van der Waals surface area contributed by atoms with Crippen LogP contribution in [-0.2, 0) is 21.1 Å². The second-order valence-corrected chi connectivity index (χ2v) is 7.49. The van der Waals surface area contributed by atoms with Gasteiger partial charge in [-0.1, -0.05) is 6.07 Å². The van der Waals surface area contributed by atoms with Gasteiger partial charge in [0.15, 0.2) is 9.84 Å². The highest BCUT2D eigenvalue weighted by Crippen LogP contribution is 2.28. The fourth-order valence-electron chi connectivity index (χ4n) is 1.64. The highest BCUT2D eigenvalue weighted by atomic mass is 32.2. The van der Waals surface area contributed by atoms with Gasteiger partial charge in [0.2, 0.25) is 0 Å². The molecule has 6 heteroatoms. The lowest BCUT2D eigenvalue weighted by Gasteiger charge is -2.19. The Balaban J connectivity index is 2.61. The SMILES string of the molecule is CC(C)(c1nc2ccc(CN)cc2[nH]1)S(C)(=O)=O. The monoisotopic (exact) mass is 267 g/mol. The maximum atomic E-state index is 11.8. The van der Waals surface area contributed by atoms with Crippen LogP contribution < -0.4 is 5.73 Å². The zero-order valence-electron chi connectivity index (χ0n) is 10.7. The first kappa shape index (κ1) is 13.0. The summed E-state index contributed by atoms with van der Waals surface area (Å²) in [6.07, 6.45) is 1.21. The van der Waals surface area contributed by atoms with E-state index in [1.807, 2.05) is 18.2 Å². The zero-order valence-corrected chi connectivity index (χ0v) is 11.5. The minimum atomic E-state index is -3.24. The quantitative estimate of drug-likeness (QED) is 0.877. The molecule has 0 aliphatic carbocycles.